The molecule has 2 aromatic rings. The first-order valence-corrected chi connectivity index (χ1v) is 10.6. The summed E-state index contributed by atoms with van der Waals surface area (Å²) in [6.45, 7) is 7.00. The van der Waals surface area contributed by atoms with E-state index in [1.165, 1.54) is 44.5 Å². The highest BCUT2D eigenvalue weighted by molar-refractivity contribution is 5.79. The zero-order valence-corrected chi connectivity index (χ0v) is 17.6. The molecule has 0 unspecified atom stereocenters. The number of benzene rings is 1. The van der Waals surface area contributed by atoms with Crippen molar-refractivity contribution in [1.29, 1.82) is 0 Å². The monoisotopic (exact) mass is 395 g/mol. The number of pyridine rings is 1. The minimum Gasteiger partial charge on any atom is -0.487 e. The summed E-state index contributed by atoms with van der Waals surface area (Å²) in [5, 5.41) is 6.99. The van der Waals surface area contributed by atoms with Gasteiger partial charge >= 0.3 is 0 Å². The molecule has 156 valence electrons. The Balaban J connectivity index is 1.40. The zero-order valence-electron chi connectivity index (χ0n) is 17.6. The van der Waals surface area contributed by atoms with Crippen molar-refractivity contribution in [2.45, 2.75) is 45.4 Å². The first kappa shape index (κ1) is 21.1. The van der Waals surface area contributed by atoms with Gasteiger partial charge in [-0.25, -0.2) is 0 Å². The molecule has 3 rings (SSSR count). The van der Waals surface area contributed by atoms with Crippen molar-refractivity contribution in [3.05, 3.63) is 59.9 Å². The van der Waals surface area contributed by atoms with Gasteiger partial charge in [-0.05, 0) is 55.6 Å². The molecule has 0 bridgehead atoms. The second-order valence-corrected chi connectivity index (χ2v) is 7.44. The number of aliphatic imine (C=N–C) groups is 1. The fraction of sp³-hybridized carbons (Fsp3) is 0.478. The van der Waals surface area contributed by atoms with Crippen LogP contribution in [0.1, 0.15) is 37.4 Å². The SMILES string of the molecule is CCCN1CCC(NC(=NC)NCc2ccc(OCc3ccccn3)cc2)CC1. The maximum Gasteiger partial charge on any atom is 0.191 e. The lowest BCUT2D eigenvalue weighted by Gasteiger charge is -2.32. The lowest BCUT2D eigenvalue weighted by molar-refractivity contribution is 0.206. The second-order valence-electron chi connectivity index (χ2n) is 7.44. The number of nitrogens with zero attached hydrogens (tertiary/aromatic N) is 3. The van der Waals surface area contributed by atoms with Crippen LogP contribution in [0, 0.1) is 0 Å². The summed E-state index contributed by atoms with van der Waals surface area (Å²) in [5.41, 5.74) is 2.12. The highest BCUT2D eigenvalue weighted by Gasteiger charge is 2.19. The molecule has 0 saturated carbocycles. The molecular weight excluding hydrogens is 362 g/mol. The van der Waals surface area contributed by atoms with Gasteiger partial charge in [-0.1, -0.05) is 25.1 Å². The standard InChI is InChI=1S/C23H33N5O/c1-3-14-28-15-11-20(12-16-28)27-23(24-2)26-17-19-7-9-22(10-8-19)29-18-21-6-4-5-13-25-21/h4-10,13,20H,3,11-12,14-18H2,1-2H3,(H2,24,26,27). The predicted octanol–water partition coefficient (Wildman–Crippen LogP) is 3.20. The van der Waals surface area contributed by atoms with Crippen LogP contribution in [-0.2, 0) is 13.2 Å². The predicted molar refractivity (Wildman–Crippen MR) is 118 cm³/mol. The number of ether oxygens (including phenoxy) is 1. The van der Waals surface area contributed by atoms with Crippen LogP contribution in [0.4, 0.5) is 0 Å². The van der Waals surface area contributed by atoms with Crippen LogP contribution in [-0.4, -0.2) is 48.6 Å². The molecule has 1 aromatic heterocycles. The third-order valence-corrected chi connectivity index (χ3v) is 5.19. The number of aromatic nitrogens is 1. The largest absolute Gasteiger partial charge is 0.487 e. The summed E-state index contributed by atoms with van der Waals surface area (Å²) in [4.78, 5) is 11.2. The Bertz CT molecular complexity index is 740. The van der Waals surface area contributed by atoms with E-state index in [2.05, 4.69) is 44.6 Å². The molecule has 2 N–H and O–H groups in total. The van der Waals surface area contributed by atoms with Crippen molar-refractivity contribution in [2.75, 3.05) is 26.7 Å². The van der Waals surface area contributed by atoms with Crippen LogP contribution in [0.5, 0.6) is 5.75 Å². The highest BCUT2D eigenvalue weighted by atomic mass is 16.5. The molecule has 1 saturated heterocycles. The van der Waals surface area contributed by atoms with Crippen molar-refractivity contribution in [3.8, 4) is 5.75 Å². The van der Waals surface area contributed by atoms with Crippen molar-refractivity contribution in [2.24, 2.45) is 4.99 Å². The Labute approximate surface area is 174 Å². The van der Waals surface area contributed by atoms with E-state index >= 15 is 0 Å². The minimum absolute atomic E-state index is 0.478. The molecule has 0 aliphatic carbocycles. The third-order valence-electron chi connectivity index (χ3n) is 5.19. The maximum absolute atomic E-state index is 5.80. The average Bonchev–Trinajstić information content (AvgIpc) is 2.78. The summed E-state index contributed by atoms with van der Waals surface area (Å²) in [7, 11) is 1.83. The number of nitrogens with one attached hydrogen (secondary N) is 2. The van der Waals surface area contributed by atoms with Gasteiger partial charge < -0.3 is 20.3 Å². The van der Waals surface area contributed by atoms with Gasteiger partial charge in [-0.15, -0.1) is 0 Å². The van der Waals surface area contributed by atoms with Gasteiger partial charge in [0.1, 0.15) is 12.4 Å². The van der Waals surface area contributed by atoms with Gasteiger partial charge in [-0.2, -0.15) is 0 Å². The molecule has 0 radical (unpaired) electrons. The molecule has 29 heavy (non-hydrogen) atoms. The molecule has 6 heteroatoms. The lowest BCUT2D eigenvalue weighted by atomic mass is 10.1. The van der Waals surface area contributed by atoms with Crippen molar-refractivity contribution in [3.63, 3.8) is 0 Å². The van der Waals surface area contributed by atoms with Crippen molar-refractivity contribution in [1.82, 2.24) is 20.5 Å². The van der Waals surface area contributed by atoms with Crippen LogP contribution in [0.15, 0.2) is 53.7 Å². The van der Waals surface area contributed by atoms with Crippen LogP contribution in [0.2, 0.25) is 0 Å². The number of hydrogen-bond acceptors (Lipinski definition) is 4. The van der Waals surface area contributed by atoms with Crippen LogP contribution >= 0.6 is 0 Å². The summed E-state index contributed by atoms with van der Waals surface area (Å²) >= 11 is 0. The van der Waals surface area contributed by atoms with Crippen LogP contribution in [0.3, 0.4) is 0 Å². The molecule has 6 nitrogen and oxygen atoms in total. The summed E-state index contributed by atoms with van der Waals surface area (Å²) in [6.07, 6.45) is 5.35. The molecule has 1 aliphatic heterocycles. The summed E-state index contributed by atoms with van der Waals surface area (Å²) < 4.78 is 5.80. The van der Waals surface area contributed by atoms with Crippen LogP contribution in [0.25, 0.3) is 0 Å². The van der Waals surface area contributed by atoms with E-state index in [4.69, 9.17) is 4.74 Å². The van der Waals surface area contributed by atoms with E-state index in [1.807, 2.05) is 37.4 Å². The van der Waals surface area contributed by atoms with E-state index in [-0.39, 0.29) is 0 Å². The van der Waals surface area contributed by atoms with E-state index in [0.717, 1.165) is 23.9 Å². The number of rotatable bonds is 8. The lowest BCUT2D eigenvalue weighted by Crippen LogP contribution is -2.48. The topological polar surface area (TPSA) is 61.8 Å². The normalized spacial score (nSPS) is 15.9. The number of hydrogen-bond donors (Lipinski definition) is 2. The van der Waals surface area contributed by atoms with Crippen LogP contribution < -0.4 is 15.4 Å². The molecular formula is C23H33N5O. The summed E-state index contributed by atoms with van der Waals surface area (Å²) in [6, 6.07) is 14.5. The van der Waals surface area contributed by atoms with Crippen molar-refractivity contribution < 1.29 is 4.74 Å². The zero-order chi connectivity index (χ0) is 20.3. The second kappa shape index (κ2) is 11.4. The van der Waals surface area contributed by atoms with E-state index in [9.17, 15) is 0 Å². The van der Waals surface area contributed by atoms with Gasteiger partial charge in [0.25, 0.3) is 0 Å². The number of guanidine groups is 1. The van der Waals surface area contributed by atoms with Gasteiger partial charge in [0, 0.05) is 38.9 Å². The first-order chi connectivity index (χ1) is 14.3. The first-order valence-electron chi connectivity index (χ1n) is 10.6. The quantitative estimate of drug-likeness (QED) is 0.531. The Kier molecular flexibility index (Phi) is 8.31. The molecule has 1 aromatic carbocycles. The number of piperidine rings is 1. The average molecular weight is 396 g/mol. The molecule has 0 spiro atoms. The van der Waals surface area contributed by atoms with E-state index in [1.54, 1.807) is 6.20 Å². The molecule has 2 heterocycles. The van der Waals surface area contributed by atoms with Crippen molar-refractivity contribution >= 4 is 5.96 Å². The Hall–Kier alpha value is -2.60. The smallest absolute Gasteiger partial charge is 0.191 e. The molecule has 0 amide bonds. The molecule has 0 atom stereocenters. The fourth-order valence-electron chi connectivity index (χ4n) is 3.54. The minimum atomic E-state index is 0.478. The van der Waals surface area contributed by atoms with E-state index < -0.39 is 0 Å². The van der Waals surface area contributed by atoms with Gasteiger partial charge in [0.05, 0.1) is 5.69 Å². The Morgan fingerprint density at radius 1 is 1.17 bits per heavy atom. The molecule has 1 aliphatic rings. The summed E-state index contributed by atoms with van der Waals surface area (Å²) in [5.74, 6) is 1.72. The number of likely N-dealkylation sites (tertiary alicyclic amines) is 1. The van der Waals surface area contributed by atoms with Gasteiger partial charge in [0.2, 0.25) is 0 Å². The van der Waals surface area contributed by atoms with E-state index in [0.29, 0.717) is 12.6 Å². The Morgan fingerprint density at radius 2 is 1.97 bits per heavy atom. The Morgan fingerprint density at radius 3 is 2.62 bits per heavy atom. The van der Waals surface area contributed by atoms with Gasteiger partial charge in [-0.3, -0.25) is 9.98 Å². The fourth-order valence-corrected chi connectivity index (χ4v) is 3.54. The maximum atomic E-state index is 5.80. The third kappa shape index (κ3) is 7.06. The van der Waals surface area contributed by atoms with Gasteiger partial charge in [0.15, 0.2) is 5.96 Å². The molecule has 1 fully saturated rings. The highest BCUT2D eigenvalue weighted by Crippen LogP contribution is 2.14.